The van der Waals surface area contributed by atoms with Crippen LogP contribution in [0.3, 0.4) is 0 Å². The summed E-state index contributed by atoms with van der Waals surface area (Å²) in [5.41, 5.74) is 0. The Morgan fingerprint density at radius 2 is 2.00 bits per heavy atom. The molecule has 1 aliphatic heterocycles. The summed E-state index contributed by atoms with van der Waals surface area (Å²) in [6.07, 6.45) is 0. The number of rotatable bonds is 1. The van der Waals surface area contributed by atoms with Crippen LogP contribution in [0, 0.1) is 0 Å². The topological polar surface area (TPSA) is 57.7 Å². The molecule has 14 heavy (non-hydrogen) atoms. The number of likely N-dealkylation sites (N-methyl/N-ethyl adjacent to an activating group) is 2. The molecular weight excluding hydrogens is 204 g/mol. The van der Waals surface area contributed by atoms with E-state index >= 15 is 0 Å². The second kappa shape index (κ2) is 4.00. The molecule has 0 spiro atoms. The van der Waals surface area contributed by atoms with Gasteiger partial charge in [-0.3, -0.25) is 14.4 Å². The number of carbonyl (C=O) groups excluding carboxylic acids is 3. The van der Waals surface area contributed by atoms with Gasteiger partial charge in [-0.2, -0.15) is 0 Å². The first-order chi connectivity index (χ1) is 6.43. The zero-order chi connectivity index (χ0) is 10.9. The van der Waals surface area contributed by atoms with Gasteiger partial charge in [0.1, 0.15) is 0 Å². The molecule has 0 aromatic carbocycles. The third-order valence-corrected chi connectivity index (χ3v) is 3.06. The first-order valence-corrected chi connectivity index (χ1v) is 4.99. The minimum absolute atomic E-state index is 0.0876. The molecule has 1 rings (SSSR count). The van der Waals surface area contributed by atoms with Crippen molar-refractivity contribution >= 4 is 28.7 Å². The van der Waals surface area contributed by atoms with Crippen LogP contribution in [0.4, 0.5) is 0 Å². The van der Waals surface area contributed by atoms with Crippen molar-refractivity contribution < 1.29 is 14.4 Å². The van der Waals surface area contributed by atoms with E-state index in [1.165, 1.54) is 23.8 Å². The van der Waals surface area contributed by atoms with Gasteiger partial charge in [-0.05, 0) is 0 Å². The van der Waals surface area contributed by atoms with Crippen LogP contribution in [0.5, 0.6) is 0 Å². The van der Waals surface area contributed by atoms with E-state index in [0.717, 1.165) is 11.8 Å². The second-order valence-corrected chi connectivity index (χ2v) is 4.42. The van der Waals surface area contributed by atoms with Crippen molar-refractivity contribution in [1.29, 1.82) is 0 Å². The average molecular weight is 216 g/mol. The Hall–Kier alpha value is -1.04. The minimum Gasteiger partial charge on any atom is -0.334 e. The summed E-state index contributed by atoms with van der Waals surface area (Å²) in [6, 6.07) is 0. The zero-order valence-electron chi connectivity index (χ0n) is 8.31. The van der Waals surface area contributed by atoms with Gasteiger partial charge in [0.15, 0.2) is 10.5 Å². The first kappa shape index (κ1) is 11.0. The van der Waals surface area contributed by atoms with Crippen LogP contribution in [0.1, 0.15) is 6.92 Å². The Morgan fingerprint density at radius 3 is 2.50 bits per heavy atom. The molecular formula is C8H12N2O3S. The summed E-state index contributed by atoms with van der Waals surface area (Å²) in [6.45, 7) is 1.47. The molecule has 0 aromatic heterocycles. The summed E-state index contributed by atoms with van der Waals surface area (Å²) in [4.78, 5) is 36.4. The molecule has 0 saturated carbocycles. The molecule has 6 heteroatoms. The highest BCUT2D eigenvalue weighted by Gasteiger charge is 2.36. The molecule has 5 nitrogen and oxygen atoms in total. The molecule has 1 aliphatic rings. The van der Waals surface area contributed by atoms with Crippen molar-refractivity contribution in [2.24, 2.45) is 0 Å². The number of amides is 2. The van der Waals surface area contributed by atoms with E-state index in [-0.39, 0.29) is 23.5 Å². The lowest BCUT2D eigenvalue weighted by atomic mass is 10.3. The van der Waals surface area contributed by atoms with Gasteiger partial charge in [0.25, 0.3) is 5.91 Å². The highest BCUT2D eigenvalue weighted by molar-refractivity contribution is 8.14. The second-order valence-electron chi connectivity index (χ2n) is 3.16. The van der Waals surface area contributed by atoms with Crippen LogP contribution in [-0.4, -0.2) is 52.7 Å². The van der Waals surface area contributed by atoms with Gasteiger partial charge in [0, 0.05) is 21.0 Å². The van der Waals surface area contributed by atoms with Crippen LogP contribution in [-0.2, 0) is 14.4 Å². The van der Waals surface area contributed by atoms with E-state index in [2.05, 4.69) is 0 Å². The smallest absolute Gasteiger partial charge is 0.256 e. The maximum absolute atomic E-state index is 11.6. The number of hydrogen-bond acceptors (Lipinski definition) is 4. The zero-order valence-corrected chi connectivity index (χ0v) is 9.13. The Balaban J connectivity index is 2.82. The lowest BCUT2D eigenvalue weighted by Crippen LogP contribution is -2.56. The minimum atomic E-state index is -0.696. The van der Waals surface area contributed by atoms with Gasteiger partial charge in [0.05, 0.1) is 6.54 Å². The fraction of sp³-hybridized carbons (Fsp3) is 0.625. The number of hydrogen-bond donors (Lipinski definition) is 0. The third kappa shape index (κ3) is 2.06. The summed E-state index contributed by atoms with van der Waals surface area (Å²) in [7, 11) is 3.09. The largest absolute Gasteiger partial charge is 0.334 e. The fourth-order valence-electron chi connectivity index (χ4n) is 1.16. The predicted molar refractivity (Wildman–Crippen MR) is 52.5 cm³/mol. The fourth-order valence-corrected chi connectivity index (χ4v) is 2.03. The molecule has 1 fully saturated rings. The number of piperazine rings is 1. The van der Waals surface area contributed by atoms with Crippen molar-refractivity contribution in [1.82, 2.24) is 9.80 Å². The van der Waals surface area contributed by atoms with Gasteiger partial charge < -0.3 is 9.80 Å². The van der Waals surface area contributed by atoms with Gasteiger partial charge in [-0.15, -0.1) is 0 Å². The molecule has 1 heterocycles. The molecule has 1 saturated heterocycles. The van der Waals surface area contributed by atoms with Crippen molar-refractivity contribution in [3.8, 4) is 0 Å². The van der Waals surface area contributed by atoms with Gasteiger partial charge >= 0.3 is 0 Å². The van der Waals surface area contributed by atoms with E-state index in [9.17, 15) is 14.4 Å². The Morgan fingerprint density at radius 1 is 1.43 bits per heavy atom. The summed E-state index contributed by atoms with van der Waals surface area (Å²) < 4.78 is 0. The average Bonchev–Trinajstić information content (AvgIpc) is 2.09. The van der Waals surface area contributed by atoms with Crippen LogP contribution >= 0.6 is 11.8 Å². The van der Waals surface area contributed by atoms with Gasteiger partial charge in [-0.1, -0.05) is 11.8 Å². The maximum atomic E-state index is 11.6. The lowest BCUT2D eigenvalue weighted by molar-refractivity contribution is -0.149. The summed E-state index contributed by atoms with van der Waals surface area (Å²) >= 11 is 0.874. The Bertz CT molecular complexity index is 292. The molecule has 0 aliphatic carbocycles. The third-order valence-electron chi connectivity index (χ3n) is 1.98. The number of carbonyl (C=O) groups is 3. The normalized spacial score (nSPS) is 22.9. The first-order valence-electron chi connectivity index (χ1n) is 4.11. The van der Waals surface area contributed by atoms with Crippen molar-refractivity contribution in [3.63, 3.8) is 0 Å². The molecule has 1 unspecified atom stereocenters. The highest BCUT2D eigenvalue weighted by atomic mass is 32.2. The van der Waals surface area contributed by atoms with E-state index < -0.39 is 5.37 Å². The van der Waals surface area contributed by atoms with E-state index in [4.69, 9.17) is 0 Å². The van der Waals surface area contributed by atoms with E-state index in [1.807, 2.05) is 0 Å². The summed E-state index contributed by atoms with van der Waals surface area (Å²) in [5.74, 6) is -0.349. The molecule has 2 amide bonds. The molecule has 0 aromatic rings. The number of thioether (sulfide) groups is 1. The Kier molecular flexibility index (Phi) is 3.15. The van der Waals surface area contributed by atoms with Crippen LogP contribution < -0.4 is 0 Å². The Labute approximate surface area is 86.4 Å². The highest BCUT2D eigenvalue weighted by Crippen LogP contribution is 2.21. The van der Waals surface area contributed by atoms with Gasteiger partial charge in [0.2, 0.25) is 5.91 Å². The molecule has 1 atom stereocenters. The predicted octanol–water partition coefficient (Wildman–Crippen LogP) is -0.477. The SMILES string of the molecule is CC(=O)SC1C(=O)N(C)CC(=O)N1C. The van der Waals surface area contributed by atoms with Gasteiger partial charge in [-0.25, -0.2) is 0 Å². The molecule has 0 bridgehead atoms. The monoisotopic (exact) mass is 216 g/mol. The molecule has 0 radical (unpaired) electrons. The quantitative estimate of drug-likeness (QED) is 0.594. The summed E-state index contributed by atoms with van der Waals surface area (Å²) in [5, 5.41) is -0.864. The standard InChI is InChI=1S/C8H12N2O3S/c1-5(11)14-8-7(13)9(2)4-6(12)10(8)3/h8H,4H2,1-3H3. The van der Waals surface area contributed by atoms with E-state index in [0.29, 0.717) is 0 Å². The van der Waals surface area contributed by atoms with Crippen molar-refractivity contribution in [2.45, 2.75) is 12.3 Å². The van der Waals surface area contributed by atoms with E-state index in [1.54, 1.807) is 7.05 Å². The van der Waals surface area contributed by atoms with Crippen molar-refractivity contribution in [2.75, 3.05) is 20.6 Å². The van der Waals surface area contributed by atoms with Crippen molar-refractivity contribution in [3.05, 3.63) is 0 Å². The van der Waals surface area contributed by atoms with Crippen LogP contribution in [0.2, 0.25) is 0 Å². The van der Waals surface area contributed by atoms with Crippen LogP contribution in [0.25, 0.3) is 0 Å². The number of nitrogens with zero attached hydrogens (tertiary/aromatic N) is 2. The maximum Gasteiger partial charge on any atom is 0.256 e. The molecule has 78 valence electrons. The van der Waals surface area contributed by atoms with Crippen LogP contribution in [0.15, 0.2) is 0 Å². The lowest BCUT2D eigenvalue weighted by Gasteiger charge is -2.35. The molecule has 0 N–H and O–H groups in total.